The molecule has 88 valence electrons. The smallest absolute Gasteiger partial charge is 0.339 e. The van der Waals surface area contributed by atoms with E-state index < -0.39 is 12.1 Å². The Morgan fingerprint density at radius 3 is 2.75 bits per heavy atom. The maximum absolute atomic E-state index is 11.3. The summed E-state index contributed by atoms with van der Waals surface area (Å²) in [7, 11) is 0. The second kappa shape index (κ2) is 5.18. The quantitative estimate of drug-likeness (QED) is 0.798. The Labute approximate surface area is 98.4 Å². The summed E-state index contributed by atoms with van der Waals surface area (Å²) in [5, 5.41) is 19.1. The molecular weight excluding hydrogens is 232 g/mol. The van der Waals surface area contributed by atoms with Gasteiger partial charge in [0.2, 0.25) is 0 Å². The van der Waals surface area contributed by atoms with Crippen LogP contribution in [0.2, 0.25) is 5.02 Å². The van der Waals surface area contributed by atoms with Crippen LogP contribution in [0.25, 0.3) is 0 Å². The van der Waals surface area contributed by atoms with E-state index in [-0.39, 0.29) is 22.9 Å². The average Bonchev–Trinajstić information content (AvgIpc) is 2.22. The molecule has 0 spiro atoms. The summed E-state index contributed by atoms with van der Waals surface area (Å²) >= 11 is 5.79. The van der Waals surface area contributed by atoms with Gasteiger partial charge in [0.1, 0.15) is 5.75 Å². The number of hydrogen-bond donors (Lipinski definition) is 2. The number of phenolic OH excluding ortho intramolecular Hbond substituents is 1. The highest BCUT2D eigenvalue weighted by atomic mass is 35.5. The number of rotatable bonds is 3. The van der Waals surface area contributed by atoms with Crippen LogP contribution in [0.5, 0.6) is 5.75 Å². The van der Waals surface area contributed by atoms with Crippen LogP contribution in [0.4, 0.5) is 0 Å². The Balaban J connectivity index is 3.08. The molecule has 1 unspecified atom stereocenters. The van der Waals surface area contributed by atoms with Crippen molar-refractivity contribution in [3.8, 4) is 5.75 Å². The van der Waals surface area contributed by atoms with Gasteiger partial charge in [-0.1, -0.05) is 17.7 Å². The topological polar surface area (TPSA) is 66.8 Å². The van der Waals surface area contributed by atoms with E-state index in [1.165, 1.54) is 12.1 Å². The summed E-state index contributed by atoms with van der Waals surface area (Å²) in [6.45, 7) is 3.53. The van der Waals surface area contributed by atoms with Crippen molar-refractivity contribution in [2.75, 3.05) is 6.61 Å². The molecule has 5 heteroatoms. The minimum atomic E-state index is -1.47. The summed E-state index contributed by atoms with van der Waals surface area (Å²) < 4.78 is 4.66. The molecule has 16 heavy (non-hydrogen) atoms. The van der Waals surface area contributed by atoms with Crippen LogP contribution in [-0.4, -0.2) is 22.8 Å². The van der Waals surface area contributed by atoms with E-state index >= 15 is 0 Å². The minimum Gasteiger partial charge on any atom is -0.506 e. The van der Waals surface area contributed by atoms with Crippen LogP contribution < -0.4 is 0 Å². The van der Waals surface area contributed by atoms with Crippen LogP contribution in [0.15, 0.2) is 12.1 Å². The van der Waals surface area contributed by atoms with Gasteiger partial charge >= 0.3 is 5.97 Å². The Bertz CT molecular complexity index is 403. The van der Waals surface area contributed by atoms with Crippen LogP contribution in [0.3, 0.4) is 0 Å². The molecule has 0 aliphatic carbocycles. The molecule has 4 nitrogen and oxygen atoms in total. The predicted molar refractivity (Wildman–Crippen MR) is 59.4 cm³/mol. The number of carbonyl (C=O) groups is 1. The van der Waals surface area contributed by atoms with Crippen molar-refractivity contribution in [1.29, 1.82) is 0 Å². The number of aromatic hydroxyl groups is 1. The lowest BCUT2D eigenvalue weighted by Crippen LogP contribution is -2.15. The molecule has 1 aromatic rings. The highest BCUT2D eigenvalue weighted by molar-refractivity contribution is 6.33. The number of carbonyl (C=O) groups excluding carboxylic acids is 1. The average molecular weight is 245 g/mol. The molecule has 0 aliphatic heterocycles. The zero-order chi connectivity index (χ0) is 12.3. The zero-order valence-corrected chi connectivity index (χ0v) is 9.78. The molecule has 0 heterocycles. The molecule has 0 amide bonds. The number of aliphatic hydroxyl groups is 1. The lowest BCUT2D eigenvalue weighted by Gasteiger charge is -2.13. The van der Waals surface area contributed by atoms with E-state index in [0.717, 1.165) is 0 Å². The van der Waals surface area contributed by atoms with Gasteiger partial charge in [0.25, 0.3) is 0 Å². The summed E-state index contributed by atoms with van der Waals surface area (Å²) in [5.41, 5.74) is 0.845. The molecule has 1 aromatic carbocycles. The molecular formula is C11H13ClO4. The van der Waals surface area contributed by atoms with Gasteiger partial charge in [0.05, 0.1) is 11.6 Å². The summed E-state index contributed by atoms with van der Waals surface area (Å²) in [6, 6.07) is 2.98. The summed E-state index contributed by atoms with van der Waals surface area (Å²) in [6.07, 6.45) is -1.47. The molecule has 2 N–H and O–H groups in total. The summed E-state index contributed by atoms with van der Waals surface area (Å²) in [5.74, 6) is -0.950. The van der Waals surface area contributed by atoms with Crippen molar-refractivity contribution >= 4 is 17.6 Å². The molecule has 0 saturated heterocycles. The standard InChI is InChI=1S/C11H13ClO4/c1-3-16-11(15)10(14)7-4-6(2)5-8(13)9(7)12/h4-5,10,13-14H,3H2,1-2H3. The highest BCUT2D eigenvalue weighted by Gasteiger charge is 2.23. The van der Waals surface area contributed by atoms with Crippen molar-refractivity contribution < 1.29 is 19.7 Å². The fourth-order valence-corrected chi connectivity index (χ4v) is 1.54. The van der Waals surface area contributed by atoms with Gasteiger partial charge in [-0.25, -0.2) is 4.79 Å². The van der Waals surface area contributed by atoms with Gasteiger partial charge in [-0.2, -0.15) is 0 Å². The molecule has 0 aliphatic rings. The van der Waals surface area contributed by atoms with Gasteiger partial charge in [-0.05, 0) is 25.5 Å². The number of aryl methyl sites for hydroxylation is 1. The fourth-order valence-electron chi connectivity index (χ4n) is 1.32. The van der Waals surface area contributed by atoms with Gasteiger partial charge in [-0.3, -0.25) is 0 Å². The summed E-state index contributed by atoms with van der Waals surface area (Å²) in [4.78, 5) is 11.3. The Hall–Kier alpha value is -1.26. The van der Waals surface area contributed by atoms with E-state index in [1.807, 2.05) is 0 Å². The van der Waals surface area contributed by atoms with E-state index in [2.05, 4.69) is 4.74 Å². The van der Waals surface area contributed by atoms with Crippen molar-refractivity contribution in [3.05, 3.63) is 28.3 Å². The lowest BCUT2D eigenvalue weighted by molar-refractivity contribution is -0.153. The molecule has 0 fully saturated rings. The van der Waals surface area contributed by atoms with E-state index in [1.54, 1.807) is 13.8 Å². The number of hydrogen-bond acceptors (Lipinski definition) is 4. The van der Waals surface area contributed by atoms with E-state index in [0.29, 0.717) is 5.56 Å². The third kappa shape index (κ3) is 2.65. The minimum absolute atomic E-state index is 0.0360. The highest BCUT2D eigenvalue weighted by Crippen LogP contribution is 2.33. The fraction of sp³-hybridized carbons (Fsp3) is 0.364. The maximum atomic E-state index is 11.3. The third-order valence-corrected chi connectivity index (χ3v) is 2.44. The van der Waals surface area contributed by atoms with Gasteiger partial charge < -0.3 is 14.9 Å². The first-order valence-electron chi connectivity index (χ1n) is 4.81. The molecule has 0 radical (unpaired) electrons. The van der Waals surface area contributed by atoms with Gasteiger partial charge in [0.15, 0.2) is 6.10 Å². The van der Waals surface area contributed by atoms with Crippen LogP contribution in [0.1, 0.15) is 24.2 Å². The molecule has 0 bridgehead atoms. The molecule has 0 saturated carbocycles. The van der Waals surface area contributed by atoms with Crippen molar-refractivity contribution in [2.24, 2.45) is 0 Å². The number of phenols is 1. The first-order chi connectivity index (χ1) is 7.47. The normalized spacial score (nSPS) is 12.2. The van der Waals surface area contributed by atoms with Gasteiger partial charge in [0, 0.05) is 5.56 Å². The first-order valence-corrected chi connectivity index (χ1v) is 5.18. The van der Waals surface area contributed by atoms with Crippen molar-refractivity contribution in [2.45, 2.75) is 20.0 Å². The number of halogens is 1. The van der Waals surface area contributed by atoms with Crippen molar-refractivity contribution in [1.82, 2.24) is 0 Å². The SMILES string of the molecule is CCOC(=O)C(O)c1cc(C)cc(O)c1Cl. The second-order valence-corrected chi connectivity index (χ2v) is 3.72. The van der Waals surface area contributed by atoms with E-state index in [9.17, 15) is 15.0 Å². The second-order valence-electron chi connectivity index (χ2n) is 3.34. The predicted octanol–water partition coefficient (Wildman–Crippen LogP) is 1.95. The molecule has 1 atom stereocenters. The third-order valence-electron chi connectivity index (χ3n) is 2.03. The Morgan fingerprint density at radius 1 is 1.56 bits per heavy atom. The first kappa shape index (κ1) is 12.8. The monoisotopic (exact) mass is 244 g/mol. The Kier molecular flexibility index (Phi) is 4.15. The lowest BCUT2D eigenvalue weighted by atomic mass is 10.1. The number of benzene rings is 1. The maximum Gasteiger partial charge on any atom is 0.339 e. The van der Waals surface area contributed by atoms with Crippen LogP contribution in [0, 0.1) is 6.92 Å². The van der Waals surface area contributed by atoms with E-state index in [4.69, 9.17) is 11.6 Å². The Morgan fingerprint density at radius 2 is 2.19 bits per heavy atom. The van der Waals surface area contributed by atoms with Crippen LogP contribution in [-0.2, 0) is 9.53 Å². The molecule has 0 aromatic heterocycles. The molecule has 1 rings (SSSR count). The van der Waals surface area contributed by atoms with Crippen LogP contribution >= 0.6 is 11.6 Å². The van der Waals surface area contributed by atoms with Gasteiger partial charge in [-0.15, -0.1) is 0 Å². The number of aliphatic hydroxyl groups excluding tert-OH is 1. The van der Waals surface area contributed by atoms with Crippen molar-refractivity contribution in [3.63, 3.8) is 0 Å². The number of esters is 1. The number of ether oxygens (including phenoxy) is 1. The largest absolute Gasteiger partial charge is 0.506 e. The zero-order valence-electron chi connectivity index (χ0n) is 9.03.